The maximum Gasteiger partial charge on any atom is 0.267 e. The van der Waals surface area contributed by atoms with E-state index < -0.39 is 15.9 Å². The number of aryl methyl sites for hydroxylation is 1. The van der Waals surface area contributed by atoms with E-state index >= 15 is 0 Å². The molecule has 2 aromatic carbocycles. The lowest BCUT2D eigenvalue weighted by Gasteiger charge is -2.12. The van der Waals surface area contributed by atoms with Crippen LogP contribution in [0, 0.1) is 6.92 Å². The van der Waals surface area contributed by atoms with Crippen molar-refractivity contribution >= 4 is 39.1 Å². The van der Waals surface area contributed by atoms with E-state index in [0.29, 0.717) is 5.02 Å². The van der Waals surface area contributed by atoms with Crippen LogP contribution in [0.25, 0.3) is 0 Å². The number of hydrogen-bond acceptors (Lipinski definition) is 4. The summed E-state index contributed by atoms with van der Waals surface area (Å²) < 4.78 is 29.8. The van der Waals surface area contributed by atoms with Crippen molar-refractivity contribution in [1.82, 2.24) is 10.3 Å². The van der Waals surface area contributed by atoms with E-state index in [0.717, 1.165) is 5.56 Å². The van der Waals surface area contributed by atoms with E-state index in [9.17, 15) is 13.2 Å². The van der Waals surface area contributed by atoms with Gasteiger partial charge in [-0.2, -0.15) is 0 Å². The van der Waals surface area contributed by atoms with Crippen LogP contribution < -0.4 is 15.0 Å². The van der Waals surface area contributed by atoms with Crippen LogP contribution in [-0.2, 0) is 10.0 Å². The number of methoxy groups -OCH3 is 1. The molecule has 6 nitrogen and oxygen atoms in total. The monoisotopic (exact) mass is 388 g/mol. The SMILES string of the molecule is COc1ccc(C)cc1S(=O)(=O)NNC(=O)c1cc(Cl)ccc1Cl. The molecule has 2 aromatic rings. The van der Waals surface area contributed by atoms with Crippen LogP contribution in [-0.4, -0.2) is 21.4 Å². The van der Waals surface area contributed by atoms with Gasteiger partial charge in [0.2, 0.25) is 0 Å². The molecule has 0 aliphatic rings. The van der Waals surface area contributed by atoms with Crippen LogP contribution in [0.15, 0.2) is 41.3 Å². The smallest absolute Gasteiger partial charge is 0.267 e. The van der Waals surface area contributed by atoms with E-state index in [-0.39, 0.29) is 21.2 Å². The van der Waals surface area contributed by atoms with Crippen LogP contribution in [0.5, 0.6) is 5.75 Å². The molecule has 0 aliphatic heterocycles. The van der Waals surface area contributed by atoms with Gasteiger partial charge in [-0.15, -0.1) is 4.83 Å². The standard InChI is InChI=1S/C15H14Cl2N2O4S/c1-9-3-6-13(23-2)14(7-9)24(21,22)19-18-15(20)11-8-10(16)4-5-12(11)17/h3-8,19H,1-2H3,(H,18,20). The normalized spacial score (nSPS) is 11.2. The first kappa shape index (κ1) is 18.5. The summed E-state index contributed by atoms with van der Waals surface area (Å²) in [6, 6.07) is 8.96. The first-order chi connectivity index (χ1) is 11.2. The van der Waals surface area contributed by atoms with Gasteiger partial charge < -0.3 is 4.74 Å². The fraction of sp³-hybridized carbons (Fsp3) is 0.133. The van der Waals surface area contributed by atoms with Crippen LogP contribution in [0.3, 0.4) is 0 Å². The van der Waals surface area contributed by atoms with Crippen molar-refractivity contribution in [2.24, 2.45) is 0 Å². The Morgan fingerprint density at radius 2 is 1.83 bits per heavy atom. The molecule has 0 heterocycles. The number of carbonyl (C=O) groups excluding carboxylic acids is 1. The van der Waals surface area contributed by atoms with Gasteiger partial charge in [-0.1, -0.05) is 29.3 Å². The number of hydrazine groups is 1. The van der Waals surface area contributed by atoms with Crippen molar-refractivity contribution in [3.8, 4) is 5.75 Å². The number of sulfonamides is 1. The third-order valence-electron chi connectivity index (χ3n) is 3.08. The highest BCUT2D eigenvalue weighted by atomic mass is 35.5. The van der Waals surface area contributed by atoms with Crippen LogP contribution >= 0.6 is 23.2 Å². The second-order valence-corrected chi connectivity index (χ2v) is 7.33. The minimum Gasteiger partial charge on any atom is -0.495 e. The zero-order valence-electron chi connectivity index (χ0n) is 12.8. The molecule has 2 rings (SSSR count). The highest BCUT2D eigenvalue weighted by Gasteiger charge is 2.21. The first-order valence-corrected chi connectivity index (χ1v) is 8.90. The fourth-order valence-corrected chi connectivity index (χ4v) is 3.37. The van der Waals surface area contributed by atoms with Crippen molar-refractivity contribution in [3.63, 3.8) is 0 Å². The second kappa shape index (κ2) is 7.40. The van der Waals surface area contributed by atoms with Gasteiger partial charge in [0.05, 0.1) is 17.7 Å². The van der Waals surface area contributed by atoms with Gasteiger partial charge in [0.25, 0.3) is 15.9 Å². The van der Waals surface area contributed by atoms with Crippen molar-refractivity contribution in [3.05, 3.63) is 57.6 Å². The molecular formula is C15H14Cl2N2O4S. The van der Waals surface area contributed by atoms with Gasteiger partial charge in [0.15, 0.2) is 0 Å². The fourth-order valence-electron chi connectivity index (χ4n) is 1.90. The third kappa shape index (κ3) is 4.18. The molecule has 0 unspecified atom stereocenters. The molecular weight excluding hydrogens is 375 g/mol. The lowest BCUT2D eigenvalue weighted by Crippen LogP contribution is -2.41. The molecule has 0 saturated heterocycles. The van der Waals surface area contributed by atoms with E-state index in [2.05, 4.69) is 5.43 Å². The predicted octanol–water partition coefficient (Wildman–Crippen LogP) is 2.93. The summed E-state index contributed by atoms with van der Waals surface area (Å²) in [5.41, 5.74) is 2.87. The molecule has 0 spiro atoms. The average molecular weight is 389 g/mol. The molecule has 0 bridgehead atoms. The minimum atomic E-state index is -4.03. The van der Waals surface area contributed by atoms with Gasteiger partial charge in [0.1, 0.15) is 10.6 Å². The second-order valence-electron chi connectivity index (χ2n) is 4.84. The van der Waals surface area contributed by atoms with Gasteiger partial charge >= 0.3 is 0 Å². The van der Waals surface area contributed by atoms with E-state index in [1.165, 1.54) is 37.4 Å². The number of benzene rings is 2. The van der Waals surface area contributed by atoms with Gasteiger partial charge in [-0.05, 0) is 42.8 Å². The predicted molar refractivity (Wildman–Crippen MR) is 92.0 cm³/mol. The maximum absolute atomic E-state index is 12.4. The summed E-state index contributed by atoms with van der Waals surface area (Å²) in [4.78, 5) is 14.0. The number of amides is 1. The summed E-state index contributed by atoms with van der Waals surface area (Å²) in [6.45, 7) is 1.74. The van der Waals surface area contributed by atoms with Gasteiger partial charge in [-0.25, -0.2) is 8.42 Å². The Morgan fingerprint density at radius 1 is 1.12 bits per heavy atom. The summed E-state index contributed by atoms with van der Waals surface area (Å²) >= 11 is 11.7. The Balaban J connectivity index is 2.23. The average Bonchev–Trinajstić information content (AvgIpc) is 2.55. The summed E-state index contributed by atoms with van der Waals surface area (Å²) in [5.74, 6) is -0.583. The Kier molecular flexibility index (Phi) is 5.71. The van der Waals surface area contributed by atoms with E-state index in [4.69, 9.17) is 27.9 Å². The Hall–Kier alpha value is -1.80. The van der Waals surface area contributed by atoms with Crippen LogP contribution in [0.1, 0.15) is 15.9 Å². The summed E-state index contributed by atoms with van der Waals surface area (Å²) in [5, 5.41) is 0.442. The van der Waals surface area contributed by atoms with Crippen molar-refractivity contribution in [1.29, 1.82) is 0 Å². The lowest BCUT2D eigenvalue weighted by atomic mass is 10.2. The molecule has 2 N–H and O–H groups in total. The molecule has 0 radical (unpaired) electrons. The molecule has 128 valence electrons. The molecule has 0 aromatic heterocycles. The molecule has 0 atom stereocenters. The van der Waals surface area contributed by atoms with Crippen molar-refractivity contribution in [2.75, 3.05) is 7.11 Å². The van der Waals surface area contributed by atoms with Gasteiger partial charge in [-0.3, -0.25) is 10.2 Å². The number of nitrogens with one attached hydrogen (secondary N) is 2. The number of ether oxygens (including phenoxy) is 1. The van der Waals surface area contributed by atoms with Crippen molar-refractivity contribution < 1.29 is 17.9 Å². The lowest BCUT2D eigenvalue weighted by molar-refractivity contribution is 0.0945. The highest BCUT2D eigenvalue weighted by Crippen LogP contribution is 2.24. The van der Waals surface area contributed by atoms with E-state index in [1.54, 1.807) is 13.0 Å². The van der Waals surface area contributed by atoms with Crippen molar-refractivity contribution in [2.45, 2.75) is 11.8 Å². The molecule has 0 fully saturated rings. The minimum absolute atomic E-state index is 0.0445. The Morgan fingerprint density at radius 3 is 2.50 bits per heavy atom. The molecule has 1 amide bonds. The Bertz CT molecular complexity index is 885. The molecule has 0 saturated carbocycles. The zero-order chi connectivity index (χ0) is 17.9. The van der Waals surface area contributed by atoms with Crippen LogP contribution in [0.2, 0.25) is 10.0 Å². The number of halogens is 2. The molecule has 9 heteroatoms. The molecule has 24 heavy (non-hydrogen) atoms. The largest absolute Gasteiger partial charge is 0.495 e. The summed E-state index contributed by atoms with van der Waals surface area (Å²) in [6.07, 6.45) is 0. The van der Waals surface area contributed by atoms with E-state index in [1.807, 2.05) is 4.83 Å². The highest BCUT2D eigenvalue weighted by molar-refractivity contribution is 7.89. The zero-order valence-corrected chi connectivity index (χ0v) is 15.1. The number of rotatable bonds is 5. The summed E-state index contributed by atoms with van der Waals surface area (Å²) in [7, 11) is -2.68. The molecule has 0 aliphatic carbocycles. The maximum atomic E-state index is 12.4. The third-order valence-corrected chi connectivity index (χ3v) is 4.91. The Labute approximate surface area is 149 Å². The van der Waals surface area contributed by atoms with Gasteiger partial charge in [0, 0.05) is 5.02 Å². The van der Waals surface area contributed by atoms with Crippen LogP contribution in [0.4, 0.5) is 0 Å². The number of hydrogen-bond donors (Lipinski definition) is 2. The quantitative estimate of drug-likeness (QED) is 0.771. The number of carbonyl (C=O) groups is 1. The topological polar surface area (TPSA) is 84.5 Å². The first-order valence-electron chi connectivity index (χ1n) is 6.66.